The van der Waals surface area contributed by atoms with E-state index in [9.17, 15) is 0 Å². The number of hydrogen-bond donors (Lipinski definition) is 0. The van der Waals surface area contributed by atoms with Gasteiger partial charge in [-0.15, -0.1) is 0 Å². The molecule has 72 valence electrons. The highest BCUT2D eigenvalue weighted by Gasteiger charge is 2.09. The molecule has 13 heavy (non-hydrogen) atoms. The molecule has 1 heterocycles. The molecule has 0 aromatic carbocycles. The quantitative estimate of drug-likeness (QED) is 0.800. The first-order chi connectivity index (χ1) is 6.15. The maximum atomic E-state index is 4.25. The first kappa shape index (κ1) is 10.7. The summed E-state index contributed by atoms with van der Waals surface area (Å²) in [4.78, 5) is 10.6. The van der Waals surface area contributed by atoms with Crippen molar-refractivity contribution < 1.29 is 0 Å². The zero-order valence-electron chi connectivity index (χ0n) is 8.16. The molecule has 1 atom stereocenters. The minimum atomic E-state index is 0.486. The van der Waals surface area contributed by atoms with E-state index in [0.29, 0.717) is 6.04 Å². The van der Waals surface area contributed by atoms with Crippen LogP contribution >= 0.6 is 22.6 Å². The van der Waals surface area contributed by atoms with Crippen molar-refractivity contribution in [1.82, 2.24) is 9.97 Å². The van der Waals surface area contributed by atoms with Gasteiger partial charge in [0, 0.05) is 29.1 Å². The second-order valence-corrected chi connectivity index (χ2v) is 4.32. The van der Waals surface area contributed by atoms with Crippen LogP contribution in [-0.4, -0.2) is 23.1 Å². The highest BCUT2D eigenvalue weighted by atomic mass is 127. The number of rotatable bonds is 3. The zero-order chi connectivity index (χ0) is 9.84. The molecule has 0 aliphatic rings. The fourth-order valence-corrected chi connectivity index (χ4v) is 1.24. The van der Waals surface area contributed by atoms with E-state index >= 15 is 0 Å². The number of halogens is 1. The van der Waals surface area contributed by atoms with Gasteiger partial charge in [-0.25, -0.2) is 9.97 Å². The van der Waals surface area contributed by atoms with Crippen molar-refractivity contribution in [1.29, 1.82) is 0 Å². The molecule has 0 bridgehead atoms. The van der Waals surface area contributed by atoms with Crippen LogP contribution in [0.3, 0.4) is 0 Å². The van der Waals surface area contributed by atoms with Crippen LogP contribution in [0.25, 0.3) is 0 Å². The van der Waals surface area contributed by atoms with Gasteiger partial charge < -0.3 is 4.90 Å². The monoisotopic (exact) mass is 291 g/mol. The van der Waals surface area contributed by atoms with E-state index in [-0.39, 0.29) is 0 Å². The normalized spacial score (nSPS) is 12.6. The molecule has 4 heteroatoms. The fraction of sp³-hybridized carbons (Fsp3) is 0.556. The van der Waals surface area contributed by atoms with E-state index in [1.807, 2.05) is 19.4 Å². The molecule has 1 rings (SSSR count). The van der Waals surface area contributed by atoms with Crippen LogP contribution in [0.1, 0.15) is 20.3 Å². The molecule has 3 nitrogen and oxygen atoms in total. The van der Waals surface area contributed by atoms with Gasteiger partial charge in [0.2, 0.25) is 5.95 Å². The van der Waals surface area contributed by atoms with Crippen LogP contribution in [0, 0.1) is 3.57 Å². The molecular formula is C9H14IN3. The minimum absolute atomic E-state index is 0.486. The number of nitrogens with zero attached hydrogens (tertiary/aromatic N) is 3. The summed E-state index contributed by atoms with van der Waals surface area (Å²) in [6, 6.07) is 0.486. The standard InChI is InChI=1S/C9H14IN3/c1-4-7(2)13(3)9-11-5-8(10)6-12-9/h5-7H,4H2,1-3H3. The SMILES string of the molecule is CCC(C)N(C)c1ncc(I)cn1. The highest BCUT2D eigenvalue weighted by molar-refractivity contribution is 14.1. The molecule has 0 spiro atoms. The van der Waals surface area contributed by atoms with Crippen molar-refractivity contribution in [3.8, 4) is 0 Å². The first-order valence-corrected chi connectivity index (χ1v) is 5.43. The lowest BCUT2D eigenvalue weighted by Crippen LogP contribution is -2.29. The summed E-state index contributed by atoms with van der Waals surface area (Å²) < 4.78 is 1.07. The third-order valence-electron chi connectivity index (χ3n) is 2.17. The molecule has 0 saturated heterocycles. The van der Waals surface area contributed by atoms with Gasteiger partial charge >= 0.3 is 0 Å². The van der Waals surface area contributed by atoms with E-state index in [1.165, 1.54) is 0 Å². The summed E-state index contributed by atoms with van der Waals surface area (Å²) >= 11 is 2.20. The Morgan fingerprint density at radius 2 is 2.00 bits per heavy atom. The van der Waals surface area contributed by atoms with Crippen LogP contribution in [0.2, 0.25) is 0 Å². The van der Waals surface area contributed by atoms with Crippen LogP contribution in [0.5, 0.6) is 0 Å². The third-order valence-corrected chi connectivity index (χ3v) is 2.73. The lowest BCUT2D eigenvalue weighted by Gasteiger charge is -2.23. The lowest BCUT2D eigenvalue weighted by molar-refractivity contribution is 0.648. The van der Waals surface area contributed by atoms with E-state index < -0.39 is 0 Å². The number of aromatic nitrogens is 2. The third kappa shape index (κ3) is 2.79. The van der Waals surface area contributed by atoms with Gasteiger partial charge in [-0.3, -0.25) is 0 Å². The number of hydrogen-bond acceptors (Lipinski definition) is 3. The Bertz CT molecular complexity index is 260. The van der Waals surface area contributed by atoms with Gasteiger partial charge in [-0.05, 0) is 35.9 Å². The Kier molecular flexibility index (Phi) is 3.90. The molecule has 1 aromatic rings. The summed E-state index contributed by atoms with van der Waals surface area (Å²) in [6.07, 6.45) is 4.77. The van der Waals surface area contributed by atoms with Crippen molar-refractivity contribution in [3.63, 3.8) is 0 Å². The first-order valence-electron chi connectivity index (χ1n) is 4.35. The Morgan fingerprint density at radius 3 is 2.46 bits per heavy atom. The summed E-state index contributed by atoms with van der Waals surface area (Å²) in [5, 5.41) is 0. The van der Waals surface area contributed by atoms with Crippen LogP contribution in [-0.2, 0) is 0 Å². The fourth-order valence-electron chi connectivity index (χ4n) is 0.959. The maximum Gasteiger partial charge on any atom is 0.225 e. The predicted octanol–water partition coefficient (Wildman–Crippen LogP) is 2.32. The van der Waals surface area contributed by atoms with Gasteiger partial charge in [0.05, 0.1) is 0 Å². The summed E-state index contributed by atoms with van der Waals surface area (Å²) in [5.74, 6) is 0.801. The van der Waals surface area contributed by atoms with Crippen LogP contribution < -0.4 is 4.90 Å². The zero-order valence-corrected chi connectivity index (χ0v) is 10.3. The van der Waals surface area contributed by atoms with Crippen molar-refractivity contribution >= 4 is 28.5 Å². The Hall–Kier alpha value is -0.390. The van der Waals surface area contributed by atoms with Crippen LogP contribution in [0.4, 0.5) is 5.95 Å². The van der Waals surface area contributed by atoms with Crippen molar-refractivity contribution in [3.05, 3.63) is 16.0 Å². The average Bonchev–Trinajstić information content (AvgIpc) is 2.17. The molecule has 0 radical (unpaired) electrons. The van der Waals surface area contributed by atoms with Gasteiger partial charge in [0.25, 0.3) is 0 Å². The van der Waals surface area contributed by atoms with E-state index in [1.54, 1.807) is 0 Å². The Labute approximate surface area is 92.7 Å². The van der Waals surface area contributed by atoms with E-state index in [0.717, 1.165) is 15.9 Å². The molecule has 0 aliphatic carbocycles. The topological polar surface area (TPSA) is 29.0 Å². The second kappa shape index (κ2) is 4.74. The molecule has 0 N–H and O–H groups in total. The smallest absolute Gasteiger partial charge is 0.225 e. The van der Waals surface area contributed by atoms with Gasteiger partial charge in [0.1, 0.15) is 0 Å². The Morgan fingerprint density at radius 1 is 1.46 bits per heavy atom. The molecule has 1 aromatic heterocycles. The van der Waals surface area contributed by atoms with Crippen LogP contribution in [0.15, 0.2) is 12.4 Å². The molecule has 0 amide bonds. The largest absolute Gasteiger partial charge is 0.341 e. The second-order valence-electron chi connectivity index (χ2n) is 3.07. The summed E-state index contributed by atoms with van der Waals surface area (Å²) in [7, 11) is 2.02. The average molecular weight is 291 g/mol. The molecule has 0 aliphatic heterocycles. The van der Waals surface area contributed by atoms with E-state index in [2.05, 4.69) is 51.3 Å². The van der Waals surface area contributed by atoms with Crippen molar-refractivity contribution in [2.45, 2.75) is 26.3 Å². The molecule has 0 fully saturated rings. The van der Waals surface area contributed by atoms with Crippen molar-refractivity contribution in [2.75, 3.05) is 11.9 Å². The predicted molar refractivity (Wildman–Crippen MR) is 62.9 cm³/mol. The molecular weight excluding hydrogens is 277 g/mol. The summed E-state index contributed by atoms with van der Waals surface area (Å²) in [6.45, 7) is 4.33. The summed E-state index contributed by atoms with van der Waals surface area (Å²) in [5.41, 5.74) is 0. The van der Waals surface area contributed by atoms with E-state index in [4.69, 9.17) is 0 Å². The van der Waals surface area contributed by atoms with Gasteiger partial charge in [0.15, 0.2) is 0 Å². The molecule has 0 saturated carbocycles. The number of anilines is 1. The molecule has 1 unspecified atom stereocenters. The maximum absolute atomic E-state index is 4.25. The Balaban J connectivity index is 2.77. The lowest BCUT2D eigenvalue weighted by atomic mass is 10.2. The van der Waals surface area contributed by atoms with Gasteiger partial charge in [-0.1, -0.05) is 6.92 Å². The van der Waals surface area contributed by atoms with Gasteiger partial charge in [-0.2, -0.15) is 0 Å². The van der Waals surface area contributed by atoms with Crippen molar-refractivity contribution in [2.24, 2.45) is 0 Å². The highest BCUT2D eigenvalue weighted by Crippen LogP contribution is 2.10. The minimum Gasteiger partial charge on any atom is -0.341 e.